The first kappa shape index (κ1) is 21.3. The van der Waals surface area contributed by atoms with E-state index in [4.69, 9.17) is 9.47 Å². The molecular weight excluding hydrogens is 414 g/mol. The van der Waals surface area contributed by atoms with Crippen LogP contribution >= 0.6 is 11.3 Å². The van der Waals surface area contributed by atoms with Crippen molar-refractivity contribution in [2.24, 2.45) is 0 Å². The van der Waals surface area contributed by atoms with Gasteiger partial charge in [0.05, 0.1) is 34.9 Å². The Morgan fingerprint density at radius 2 is 1.90 bits per heavy atom. The van der Waals surface area contributed by atoms with Crippen LogP contribution in [0, 0.1) is 0 Å². The number of amides is 1. The lowest BCUT2D eigenvalue weighted by atomic mass is 10.2. The van der Waals surface area contributed by atoms with Crippen molar-refractivity contribution in [3.63, 3.8) is 0 Å². The number of esters is 1. The number of thiazole rings is 1. The van der Waals surface area contributed by atoms with E-state index in [1.165, 1.54) is 0 Å². The topological polar surface area (TPSA) is 80.8 Å². The van der Waals surface area contributed by atoms with Gasteiger partial charge in [-0.05, 0) is 43.3 Å². The van der Waals surface area contributed by atoms with E-state index in [2.05, 4.69) is 15.2 Å². The van der Waals surface area contributed by atoms with E-state index < -0.39 is 12.1 Å². The number of benzene rings is 2. The normalized spacial score (nSPS) is 14.9. The number of ether oxygens (including phenoxy) is 2. The SMILES string of the molecule is CC(OC(=O)CCc1nc2ccccc2s1)C(=O)Nc1ccc(N2CCOCC2)cc1. The van der Waals surface area contributed by atoms with Crippen molar-refractivity contribution < 1.29 is 19.1 Å². The molecule has 1 aliphatic rings. The zero-order valence-electron chi connectivity index (χ0n) is 17.4. The second-order valence-corrected chi connectivity index (χ2v) is 8.46. The van der Waals surface area contributed by atoms with E-state index in [1.54, 1.807) is 18.3 Å². The van der Waals surface area contributed by atoms with Crippen LogP contribution in [0.2, 0.25) is 0 Å². The summed E-state index contributed by atoms with van der Waals surface area (Å²) in [5.41, 5.74) is 2.69. The molecule has 4 rings (SSSR count). The van der Waals surface area contributed by atoms with Crippen LogP contribution in [-0.2, 0) is 25.5 Å². The van der Waals surface area contributed by atoms with E-state index >= 15 is 0 Å². The third kappa shape index (κ3) is 5.59. The Bertz CT molecular complexity index is 1010. The molecule has 0 spiro atoms. The first-order valence-corrected chi connectivity index (χ1v) is 11.2. The summed E-state index contributed by atoms with van der Waals surface area (Å²) < 4.78 is 11.8. The van der Waals surface area contributed by atoms with E-state index in [0.717, 1.165) is 47.2 Å². The highest BCUT2D eigenvalue weighted by Crippen LogP contribution is 2.23. The Labute approximate surface area is 185 Å². The van der Waals surface area contributed by atoms with E-state index in [-0.39, 0.29) is 12.3 Å². The minimum atomic E-state index is -0.873. The molecule has 3 aromatic rings. The van der Waals surface area contributed by atoms with Gasteiger partial charge in [-0.25, -0.2) is 4.98 Å². The number of aromatic nitrogens is 1. The Kier molecular flexibility index (Phi) is 6.79. The number of aryl methyl sites for hydroxylation is 1. The third-order valence-corrected chi connectivity index (χ3v) is 6.17. The summed E-state index contributed by atoms with van der Waals surface area (Å²) in [5.74, 6) is -0.767. The predicted molar refractivity (Wildman–Crippen MR) is 122 cm³/mol. The Morgan fingerprint density at radius 1 is 1.16 bits per heavy atom. The standard InChI is InChI=1S/C23H25N3O4S/c1-16(30-22(27)11-10-21-25-19-4-2-3-5-20(19)31-21)23(28)24-17-6-8-18(9-7-17)26-12-14-29-15-13-26/h2-9,16H,10-15H2,1H3,(H,24,28). The number of hydrogen-bond donors (Lipinski definition) is 1. The number of fused-ring (bicyclic) bond motifs is 1. The van der Waals surface area contributed by atoms with Gasteiger partial charge >= 0.3 is 5.97 Å². The molecule has 31 heavy (non-hydrogen) atoms. The molecule has 1 fully saturated rings. The highest BCUT2D eigenvalue weighted by molar-refractivity contribution is 7.18. The second-order valence-electron chi connectivity index (χ2n) is 7.34. The van der Waals surface area contributed by atoms with Crippen molar-refractivity contribution in [1.29, 1.82) is 0 Å². The van der Waals surface area contributed by atoms with Crippen LogP contribution < -0.4 is 10.2 Å². The molecular formula is C23H25N3O4S. The summed E-state index contributed by atoms with van der Waals surface area (Å²) in [7, 11) is 0. The van der Waals surface area contributed by atoms with Gasteiger partial charge in [-0.3, -0.25) is 9.59 Å². The molecule has 7 nitrogen and oxygen atoms in total. The Balaban J connectivity index is 1.24. The molecule has 0 radical (unpaired) electrons. The average molecular weight is 440 g/mol. The van der Waals surface area contributed by atoms with Gasteiger partial charge in [0.2, 0.25) is 0 Å². The molecule has 1 aromatic heterocycles. The number of hydrogen-bond acceptors (Lipinski definition) is 7. The molecule has 0 saturated carbocycles. The van der Waals surface area contributed by atoms with E-state index in [1.807, 2.05) is 48.5 Å². The fourth-order valence-electron chi connectivity index (χ4n) is 3.37. The molecule has 2 aromatic carbocycles. The number of para-hydroxylation sites is 1. The summed E-state index contributed by atoms with van der Waals surface area (Å²) >= 11 is 1.57. The first-order chi connectivity index (χ1) is 15.1. The first-order valence-electron chi connectivity index (χ1n) is 10.4. The Morgan fingerprint density at radius 3 is 2.65 bits per heavy atom. The zero-order chi connectivity index (χ0) is 21.6. The monoisotopic (exact) mass is 439 g/mol. The van der Waals surface area contributed by atoms with Gasteiger partial charge in [-0.15, -0.1) is 11.3 Å². The molecule has 0 aliphatic carbocycles. The summed E-state index contributed by atoms with van der Waals surface area (Å²) in [6.45, 7) is 4.74. The number of rotatable bonds is 7. The van der Waals surface area contributed by atoms with E-state index in [9.17, 15) is 9.59 Å². The van der Waals surface area contributed by atoms with Crippen LogP contribution in [0.1, 0.15) is 18.4 Å². The fraction of sp³-hybridized carbons (Fsp3) is 0.348. The molecule has 1 saturated heterocycles. The number of anilines is 2. The summed E-state index contributed by atoms with van der Waals surface area (Å²) in [5, 5.41) is 3.68. The number of nitrogens with one attached hydrogen (secondary N) is 1. The molecule has 2 heterocycles. The molecule has 8 heteroatoms. The van der Waals surface area contributed by atoms with Gasteiger partial charge < -0.3 is 19.7 Å². The lowest BCUT2D eigenvalue weighted by Crippen LogP contribution is -2.36. The van der Waals surface area contributed by atoms with Crippen molar-refractivity contribution in [3.05, 3.63) is 53.5 Å². The lowest BCUT2D eigenvalue weighted by Gasteiger charge is -2.28. The molecule has 162 valence electrons. The maximum atomic E-state index is 12.4. The number of morpholine rings is 1. The highest BCUT2D eigenvalue weighted by Gasteiger charge is 2.19. The van der Waals surface area contributed by atoms with Crippen LogP contribution in [0.3, 0.4) is 0 Å². The molecule has 1 unspecified atom stereocenters. The number of nitrogens with zero attached hydrogens (tertiary/aromatic N) is 2. The molecule has 1 aliphatic heterocycles. The highest BCUT2D eigenvalue weighted by atomic mass is 32.1. The lowest BCUT2D eigenvalue weighted by molar-refractivity contribution is -0.153. The van der Waals surface area contributed by atoms with Crippen LogP contribution in [0.15, 0.2) is 48.5 Å². The molecule has 0 bridgehead atoms. The van der Waals surface area contributed by atoms with E-state index in [0.29, 0.717) is 12.1 Å². The van der Waals surface area contributed by atoms with Crippen molar-refractivity contribution in [2.45, 2.75) is 25.9 Å². The molecule has 1 amide bonds. The van der Waals surface area contributed by atoms with Gasteiger partial charge in [0.25, 0.3) is 5.91 Å². The predicted octanol–water partition coefficient (Wildman–Crippen LogP) is 3.64. The van der Waals surface area contributed by atoms with Crippen LogP contribution in [0.25, 0.3) is 10.2 Å². The largest absolute Gasteiger partial charge is 0.453 e. The molecule has 1 N–H and O–H groups in total. The Hall–Kier alpha value is -2.97. The average Bonchev–Trinajstić information content (AvgIpc) is 3.22. The van der Waals surface area contributed by atoms with Crippen molar-refractivity contribution in [2.75, 3.05) is 36.5 Å². The maximum absolute atomic E-state index is 12.4. The maximum Gasteiger partial charge on any atom is 0.306 e. The number of carbonyl (C=O) groups is 2. The van der Waals surface area contributed by atoms with Crippen LogP contribution in [0.4, 0.5) is 11.4 Å². The number of carbonyl (C=O) groups excluding carboxylic acids is 2. The third-order valence-electron chi connectivity index (χ3n) is 5.07. The second kappa shape index (κ2) is 9.89. The summed E-state index contributed by atoms with van der Waals surface area (Å²) in [6, 6.07) is 15.5. The van der Waals surface area contributed by atoms with Crippen molar-refractivity contribution in [1.82, 2.24) is 4.98 Å². The van der Waals surface area contributed by atoms with Gasteiger partial charge in [0.15, 0.2) is 6.10 Å². The van der Waals surface area contributed by atoms with Gasteiger partial charge in [0, 0.05) is 30.9 Å². The summed E-state index contributed by atoms with van der Waals surface area (Å²) in [4.78, 5) is 31.3. The summed E-state index contributed by atoms with van der Waals surface area (Å²) in [6.07, 6.45) is -0.192. The smallest absolute Gasteiger partial charge is 0.306 e. The van der Waals surface area contributed by atoms with Gasteiger partial charge in [-0.1, -0.05) is 12.1 Å². The van der Waals surface area contributed by atoms with Gasteiger partial charge in [-0.2, -0.15) is 0 Å². The van der Waals surface area contributed by atoms with Crippen LogP contribution in [0.5, 0.6) is 0 Å². The minimum absolute atomic E-state index is 0.186. The van der Waals surface area contributed by atoms with Crippen molar-refractivity contribution in [3.8, 4) is 0 Å². The zero-order valence-corrected chi connectivity index (χ0v) is 18.2. The van der Waals surface area contributed by atoms with Crippen LogP contribution in [-0.4, -0.2) is 49.3 Å². The van der Waals surface area contributed by atoms with Crippen molar-refractivity contribution >= 4 is 44.8 Å². The quantitative estimate of drug-likeness (QED) is 0.566. The molecule has 1 atom stereocenters. The van der Waals surface area contributed by atoms with Gasteiger partial charge in [0.1, 0.15) is 0 Å². The minimum Gasteiger partial charge on any atom is -0.453 e. The fourth-order valence-corrected chi connectivity index (χ4v) is 4.33.